The molecule has 0 radical (unpaired) electrons. The summed E-state index contributed by atoms with van der Waals surface area (Å²) in [7, 11) is 0. The number of thiophene rings is 1. The lowest BCUT2D eigenvalue weighted by Crippen LogP contribution is -2.45. The van der Waals surface area contributed by atoms with Crippen LogP contribution < -0.4 is 10.6 Å². The van der Waals surface area contributed by atoms with Gasteiger partial charge in [-0.15, -0.1) is 0 Å². The predicted octanol–water partition coefficient (Wildman–Crippen LogP) is 2.02. The number of aryl methyl sites for hydroxylation is 1. The van der Waals surface area contributed by atoms with Crippen molar-refractivity contribution in [2.75, 3.05) is 6.54 Å². The van der Waals surface area contributed by atoms with Gasteiger partial charge in [-0.25, -0.2) is 0 Å². The topological polar surface area (TPSA) is 78.4 Å². The first kappa shape index (κ1) is 17.2. The van der Waals surface area contributed by atoms with Crippen molar-refractivity contribution >= 4 is 23.2 Å². The van der Waals surface area contributed by atoms with E-state index < -0.39 is 12.1 Å². The summed E-state index contributed by atoms with van der Waals surface area (Å²) in [6.45, 7) is 3.62. The summed E-state index contributed by atoms with van der Waals surface area (Å²) in [5.41, 5.74) is 2.27. The molecule has 0 aliphatic carbocycles. The smallest absolute Gasteiger partial charge is 0.251 e. The first-order valence-corrected chi connectivity index (χ1v) is 8.27. The van der Waals surface area contributed by atoms with E-state index >= 15 is 0 Å². The van der Waals surface area contributed by atoms with Crippen LogP contribution in [0.5, 0.6) is 0 Å². The van der Waals surface area contributed by atoms with E-state index in [1.165, 1.54) is 11.3 Å². The Kier molecular flexibility index (Phi) is 5.90. The lowest BCUT2D eigenvalue weighted by atomic mass is 10.1. The number of aliphatic hydroxyl groups excluding tert-OH is 1. The van der Waals surface area contributed by atoms with Crippen molar-refractivity contribution in [2.45, 2.75) is 26.0 Å². The molecule has 0 spiro atoms. The van der Waals surface area contributed by atoms with Gasteiger partial charge in [-0.2, -0.15) is 11.3 Å². The molecule has 0 aliphatic rings. The van der Waals surface area contributed by atoms with Crippen LogP contribution in [0.1, 0.15) is 34.5 Å². The van der Waals surface area contributed by atoms with Gasteiger partial charge in [0.05, 0.1) is 6.10 Å². The SMILES string of the molecule is Cc1cccc(C(=O)NC(C)C(=O)NCC(O)c2ccsc2)c1. The Morgan fingerprint density at radius 3 is 2.74 bits per heavy atom. The Hall–Kier alpha value is -2.18. The molecule has 2 aromatic rings. The molecule has 0 saturated heterocycles. The maximum absolute atomic E-state index is 12.1. The molecule has 2 amide bonds. The van der Waals surface area contributed by atoms with Crippen LogP contribution in [0.4, 0.5) is 0 Å². The van der Waals surface area contributed by atoms with Gasteiger partial charge in [0.25, 0.3) is 5.91 Å². The molecule has 6 heteroatoms. The van der Waals surface area contributed by atoms with Crippen molar-refractivity contribution in [2.24, 2.45) is 0 Å². The molecular formula is C17H20N2O3S. The number of aliphatic hydroxyl groups is 1. The summed E-state index contributed by atoms with van der Waals surface area (Å²) in [6, 6.07) is 8.29. The Morgan fingerprint density at radius 2 is 2.09 bits per heavy atom. The molecule has 1 aromatic carbocycles. The Labute approximate surface area is 139 Å². The summed E-state index contributed by atoms with van der Waals surface area (Å²) in [5, 5.41) is 18.9. The molecule has 0 aliphatic heterocycles. The van der Waals surface area contributed by atoms with Crippen molar-refractivity contribution in [1.82, 2.24) is 10.6 Å². The third kappa shape index (κ3) is 4.91. The largest absolute Gasteiger partial charge is 0.387 e. The fourth-order valence-electron chi connectivity index (χ4n) is 2.06. The number of nitrogens with one attached hydrogen (secondary N) is 2. The van der Waals surface area contributed by atoms with Crippen LogP contribution in [0.2, 0.25) is 0 Å². The molecule has 5 nitrogen and oxygen atoms in total. The highest BCUT2D eigenvalue weighted by Crippen LogP contribution is 2.15. The van der Waals surface area contributed by atoms with Crippen LogP contribution in [0.25, 0.3) is 0 Å². The standard InChI is InChI=1S/C17H20N2O3S/c1-11-4-3-5-13(8-11)17(22)19-12(2)16(21)18-9-15(20)14-6-7-23-10-14/h3-8,10,12,15,20H,9H2,1-2H3,(H,18,21)(H,19,22). The third-order valence-corrected chi connectivity index (χ3v) is 4.12. The molecular weight excluding hydrogens is 312 g/mol. The minimum absolute atomic E-state index is 0.111. The third-order valence-electron chi connectivity index (χ3n) is 3.42. The number of benzene rings is 1. The zero-order valence-electron chi connectivity index (χ0n) is 13.1. The van der Waals surface area contributed by atoms with Crippen molar-refractivity contribution < 1.29 is 14.7 Å². The molecule has 2 rings (SSSR count). The van der Waals surface area contributed by atoms with Gasteiger partial charge in [0, 0.05) is 12.1 Å². The van der Waals surface area contributed by atoms with Gasteiger partial charge in [0.1, 0.15) is 6.04 Å². The fraction of sp³-hybridized carbons (Fsp3) is 0.294. The van der Waals surface area contributed by atoms with Crippen LogP contribution in [-0.4, -0.2) is 29.5 Å². The highest BCUT2D eigenvalue weighted by atomic mass is 32.1. The molecule has 122 valence electrons. The lowest BCUT2D eigenvalue weighted by Gasteiger charge is -2.16. The zero-order valence-corrected chi connectivity index (χ0v) is 13.9. The second-order valence-corrected chi connectivity index (χ2v) is 6.16. The highest BCUT2D eigenvalue weighted by Gasteiger charge is 2.18. The normalized spacial score (nSPS) is 13.2. The average molecular weight is 332 g/mol. The zero-order chi connectivity index (χ0) is 16.8. The number of amides is 2. The van der Waals surface area contributed by atoms with Gasteiger partial charge < -0.3 is 15.7 Å². The van der Waals surface area contributed by atoms with E-state index in [-0.39, 0.29) is 18.4 Å². The summed E-state index contributed by atoms with van der Waals surface area (Å²) >= 11 is 1.49. The van der Waals surface area contributed by atoms with Crippen LogP contribution >= 0.6 is 11.3 Å². The van der Waals surface area contributed by atoms with E-state index in [1.54, 1.807) is 25.1 Å². The monoisotopic (exact) mass is 332 g/mol. The number of rotatable bonds is 6. The number of carbonyl (C=O) groups excluding carboxylic acids is 2. The van der Waals surface area contributed by atoms with E-state index in [0.29, 0.717) is 5.56 Å². The minimum atomic E-state index is -0.745. The van der Waals surface area contributed by atoms with Gasteiger partial charge >= 0.3 is 0 Å². The number of hydrogen-bond donors (Lipinski definition) is 3. The molecule has 3 N–H and O–H groups in total. The molecule has 0 fully saturated rings. The first-order chi connectivity index (χ1) is 11.0. The van der Waals surface area contributed by atoms with E-state index in [0.717, 1.165) is 11.1 Å². The summed E-state index contributed by atoms with van der Waals surface area (Å²) in [6.07, 6.45) is -0.745. The fourth-order valence-corrected chi connectivity index (χ4v) is 2.77. The number of hydrogen-bond acceptors (Lipinski definition) is 4. The Bertz CT molecular complexity index is 670. The van der Waals surface area contributed by atoms with E-state index in [9.17, 15) is 14.7 Å². The molecule has 2 unspecified atom stereocenters. The summed E-state index contributed by atoms with van der Waals surface area (Å²) in [5.74, 6) is -0.630. The van der Waals surface area contributed by atoms with Crippen molar-refractivity contribution in [3.05, 3.63) is 57.8 Å². The van der Waals surface area contributed by atoms with Gasteiger partial charge in [-0.3, -0.25) is 9.59 Å². The van der Waals surface area contributed by atoms with Crippen molar-refractivity contribution in [3.63, 3.8) is 0 Å². The Morgan fingerprint density at radius 1 is 1.30 bits per heavy atom. The van der Waals surface area contributed by atoms with Gasteiger partial charge in [0.15, 0.2) is 0 Å². The molecule has 1 aromatic heterocycles. The van der Waals surface area contributed by atoms with Crippen molar-refractivity contribution in [3.8, 4) is 0 Å². The molecule has 1 heterocycles. The van der Waals surface area contributed by atoms with Crippen LogP contribution in [-0.2, 0) is 4.79 Å². The van der Waals surface area contributed by atoms with Gasteiger partial charge in [-0.1, -0.05) is 17.7 Å². The molecule has 0 saturated carbocycles. The average Bonchev–Trinajstić information content (AvgIpc) is 3.06. The van der Waals surface area contributed by atoms with Crippen LogP contribution in [0.15, 0.2) is 41.1 Å². The molecule has 23 heavy (non-hydrogen) atoms. The van der Waals surface area contributed by atoms with E-state index in [1.807, 2.05) is 29.8 Å². The van der Waals surface area contributed by atoms with Crippen LogP contribution in [0.3, 0.4) is 0 Å². The number of carbonyl (C=O) groups is 2. The predicted molar refractivity (Wildman–Crippen MR) is 90.4 cm³/mol. The quantitative estimate of drug-likeness (QED) is 0.757. The van der Waals surface area contributed by atoms with Crippen molar-refractivity contribution in [1.29, 1.82) is 0 Å². The van der Waals surface area contributed by atoms with Gasteiger partial charge in [0.2, 0.25) is 5.91 Å². The second kappa shape index (κ2) is 7.89. The second-order valence-electron chi connectivity index (χ2n) is 5.38. The highest BCUT2D eigenvalue weighted by molar-refractivity contribution is 7.07. The maximum Gasteiger partial charge on any atom is 0.251 e. The van der Waals surface area contributed by atoms with Crippen LogP contribution in [0, 0.1) is 6.92 Å². The summed E-state index contributed by atoms with van der Waals surface area (Å²) < 4.78 is 0. The molecule has 2 atom stereocenters. The minimum Gasteiger partial charge on any atom is -0.387 e. The Balaban J connectivity index is 1.84. The molecule has 0 bridgehead atoms. The lowest BCUT2D eigenvalue weighted by molar-refractivity contribution is -0.123. The maximum atomic E-state index is 12.1. The van der Waals surface area contributed by atoms with E-state index in [4.69, 9.17) is 0 Å². The first-order valence-electron chi connectivity index (χ1n) is 7.33. The van der Waals surface area contributed by atoms with E-state index in [2.05, 4.69) is 10.6 Å². The summed E-state index contributed by atoms with van der Waals surface area (Å²) in [4.78, 5) is 24.1. The van der Waals surface area contributed by atoms with Gasteiger partial charge in [-0.05, 0) is 48.4 Å².